The minimum Gasteiger partial charge on any atom is -0.469 e. The van der Waals surface area contributed by atoms with Crippen molar-refractivity contribution in [1.82, 2.24) is 0 Å². The second-order valence-electron chi connectivity index (χ2n) is 3.76. The number of aryl methyl sites for hydroxylation is 1. The first-order chi connectivity index (χ1) is 8.11. The Morgan fingerprint density at radius 2 is 2.18 bits per heavy atom. The number of carbonyl (C=O) groups excluding carboxylic acids is 1. The van der Waals surface area contributed by atoms with Crippen LogP contribution in [0, 0.1) is 6.92 Å². The van der Waals surface area contributed by atoms with E-state index in [1.165, 1.54) is 13.2 Å². The number of benzene rings is 1. The van der Waals surface area contributed by atoms with E-state index >= 15 is 0 Å². The Hall–Kier alpha value is -2.10. The Labute approximate surface area is 97.8 Å². The third-order valence-corrected chi connectivity index (χ3v) is 2.53. The number of ether oxygens (including phenoxy) is 1. The van der Waals surface area contributed by atoms with Crippen LogP contribution in [-0.2, 0) is 16.0 Å². The second-order valence-corrected chi connectivity index (χ2v) is 3.76. The van der Waals surface area contributed by atoms with Gasteiger partial charge in [-0.1, -0.05) is 12.1 Å². The van der Waals surface area contributed by atoms with Gasteiger partial charge in [0.05, 0.1) is 18.9 Å². The van der Waals surface area contributed by atoms with Crippen LogP contribution < -0.4 is 5.43 Å². The average molecular weight is 232 g/mol. The first kappa shape index (κ1) is 11.4. The van der Waals surface area contributed by atoms with E-state index in [0.29, 0.717) is 22.3 Å². The lowest BCUT2D eigenvalue weighted by atomic mass is 10.1. The van der Waals surface area contributed by atoms with Crippen LogP contribution in [0.2, 0.25) is 0 Å². The fraction of sp³-hybridized carbons (Fsp3) is 0.231. The zero-order chi connectivity index (χ0) is 12.4. The van der Waals surface area contributed by atoms with Gasteiger partial charge in [-0.3, -0.25) is 9.59 Å². The van der Waals surface area contributed by atoms with Gasteiger partial charge in [0, 0.05) is 6.07 Å². The second kappa shape index (κ2) is 4.41. The van der Waals surface area contributed by atoms with Gasteiger partial charge in [-0.05, 0) is 18.6 Å². The van der Waals surface area contributed by atoms with Crippen LogP contribution in [0.5, 0.6) is 0 Å². The molecule has 0 unspecified atom stereocenters. The third-order valence-electron chi connectivity index (χ3n) is 2.53. The minimum absolute atomic E-state index is 0.0711. The minimum atomic E-state index is -0.377. The summed E-state index contributed by atoms with van der Waals surface area (Å²) >= 11 is 0. The molecule has 4 nitrogen and oxygen atoms in total. The Morgan fingerprint density at radius 3 is 2.88 bits per heavy atom. The van der Waals surface area contributed by atoms with E-state index in [-0.39, 0.29) is 17.8 Å². The van der Waals surface area contributed by atoms with E-state index in [1.54, 1.807) is 25.1 Å². The number of fused-ring (bicyclic) bond motifs is 1. The van der Waals surface area contributed by atoms with E-state index in [4.69, 9.17) is 4.42 Å². The number of rotatable bonds is 2. The van der Waals surface area contributed by atoms with Gasteiger partial charge in [0.1, 0.15) is 11.3 Å². The molecule has 17 heavy (non-hydrogen) atoms. The zero-order valence-electron chi connectivity index (χ0n) is 9.65. The maximum Gasteiger partial charge on any atom is 0.310 e. The lowest BCUT2D eigenvalue weighted by Gasteiger charge is -2.04. The number of hydrogen-bond acceptors (Lipinski definition) is 4. The quantitative estimate of drug-likeness (QED) is 0.741. The molecule has 4 heteroatoms. The fourth-order valence-electron chi connectivity index (χ4n) is 1.78. The Kier molecular flexibility index (Phi) is 2.95. The van der Waals surface area contributed by atoms with Gasteiger partial charge in [0.25, 0.3) is 0 Å². The number of esters is 1. The summed E-state index contributed by atoms with van der Waals surface area (Å²) in [6, 6.07) is 6.61. The van der Waals surface area contributed by atoms with Gasteiger partial charge in [0.2, 0.25) is 0 Å². The molecule has 0 N–H and O–H groups in total. The molecule has 2 aromatic rings. The summed E-state index contributed by atoms with van der Waals surface area (Å²) in [6.45, 7) is 1.72. The summed E-state index contributed by atoms with van der Waals surface area (Å²) in [4.78, 5) is 23.1. The molecule has 0 fully saturated rings. The highest BCUT2D eigenvalue weighted by Crippen LogP contribution is 2.17. The number of methoxy groups -OCH3 is 1. The van der Waals surface area contributed by atoms with Crippen molar-refractivity contribution in [1.29, 1.82) is 0 Å². The van der Waals surface area contributed by atoms with Crippen LogP contribution >= 0.6 is 0 Å². The summed E-state index contributed by atoms with van der Waals surface area (Å²) in [5.74, 6) is 0.176. The van der Waals surface area contributed by atoms with Crippen molar-refractivity contribution in [2.24, 2.45) is 0 Å². The van der Waals surface area contributed by atoms with Crippen molar-refractivity contribution >= 4 is 16.9 Å². The standard InChI is InChI=1S/C13H12O4/c1-8-6-10(14)13-9(7-12(15)16-2)4-3-5-11(13)17-8/h3-6H,7H2,1-2H3. The lowest BCUT2D eigenvalue weighted by Crippen LogP contribution is -2.09. The monoisotopic (exact) mass is 232 g/mol. The van der Waals surface area contributed by atoms with E-state index in [0.717, 1.165) is 0 Å². The molecule has 0 atom stereocenters. The van der Waals surface area contributed by atoms with Gasteiger partial charge >= 0.3 is 5.97 Å². The molecule has 0 saturated carbocycles. The molecule has 0 radical (unpaired) electrons. The van der Waals surface area contributed by atoms with Crippen molar-refractivity contribution in [2.45, 2.75) is 13.3 Å². The SMILES string of the molecule is COC(=O)Cc1cccc2oc(C)cc(=O)c12. The first-order valence-electron chi connectivity index (χ1n) is 5.21. The van der Waals surface area contributed by atoms with Crippen molar-refractivity contribution in [3.8, 4) is 0 Å². The largest absolute Gasteiger partial charge is 0.469 e. The molecule has 0 bridgehead atoms. The van der Waals surface area contributed by atoms with Gasteiger partial charge < -0.3 is 9.15 Å². The Bertz CT molecular complexity index is 625. The van der Waals surface area contributed by atoms with Crippen LogP contribution in [0.15, 0.2) is 33.5 Å². The molecular weight excluding hydrogens is 220 g/mol. The molecule has 0 amide bonds. The van der Waals surface area contributed by atoms with Crippen molar-refractivity contribution < 1.29 is 13.9 Å². The first-order valence-corrected chi connectivity index (χ1v) is 5.21. The fourth-order valence-corrected chi connectivity index (χ4v) is 1.78. The molecule has 0 aliphatic heterocycles. The summed E-state index contributed by atoms with van der Waals surface area (Å²) in [5.41, 5.74) is 0.989. The van der Waals surface area contributed by atoms with Gasteiger partial charge in [-0.25, -0.2) is 0 Å². The highest BCUT2D eigenvalue weighted by Gasteiger charge is 2.11. The van der Waals surface area contributed by atoms with Crippen LogP contribution in [0.1, 0.15) is 11.3 Å². The summed E-state index contributed by atoms with van der Waals surface area (Å²) in [6.07, 6.45) is 0.0711. The predicted molar refractivity (Wildman–Crippen MR) is 62.9 cm³/mol. The van der Waals surface area contributed by atoms with Crippen LogP contribution in [0.25, 0.3) is 11.0 Å². The normalized spacial score (nSPS) is 10.5. The van der Waals surface area contributed by atoms with Crippen LogP contribution in [-0.4, -0.2) is 13.1 Å². The van der Waals surface area contributed by atoms with Crippen LogP contribution in [0.4, 0.5) is 0 Å². The third kappa shape index (κ3) is 2.20. The molecular formula is C13H12O4. The van der Waals surface area contributed by atoms with Gasteiger partial charge in [0.15, 0.2) is 5.43 Å². The smallest absolute Gasteiger partial charge is 0.310 e. The van der Waals surface area contributed by atoms with Gasteiger partial charge in [-0.2, -0.15) is 0 Å². The molecule has 1 heterocycles. The Balaban J connectivity index is 2.65. The molecule has 0 saturated heterocycles. The summed E-state index contributed by atoms with van der Waals surface area (Å²) in [7, 11) is 1.32. The molecule has 0 aliphatic rings. The van der Waals surface area contributed by atoms with Gasteiger partial charge in [-0.15, -0.1) is 0 Å². The van der Waals surface area contributed by atoms with E-state index in [2.05, 4.69) is 4.74 Å². The highest BCUT2D eigenvalue weighted by atomic mass is 16.5. The van der Waals surface area contributed by atoms with Crippen molar-refractivity contribution in [3.63, 3.8) is 0 Å². The predicted octanol–water partition coefficient (Wildman–Crippen LogP) is 1.82. The molecule has 0 aliphatic carbocycles. The average Bonchev–Trinajstić information content (AvgIpc) is 2.28. The topological polar surface area (TPSA) is 56.5 Å². The molecule has 2 rings (SSSR count). The van der Waals surface area contributed by atoms with E-state index < -0.39 is 0 Å². The molecule has 1 aromatic heterocycles. The number of hydrogen-bond donors (Lipinski definition) is 0. The highest BCUT2D eigenvalue weighted by molar-refractivity contribution is 5.85. The van der Waals surface area contributed by atoms with Crippen molar-refractivity contribution in [2.75, 3.05) is 7.11 Å². The number of carbonyl (C=O) groups is 1. The van der Waals surface area contributed by atoms with Crippen molar-refractivity contribution in [3.05, 3.63) is 45.8 Å². The maximum atomic E-state index is 11.9. The molecule has 0 spiro atoms. The van der Waals surface area contributed by atoms with Crippen LogP contribution in [0.3, 0.4) is 0 Å². The summed E-state index contributed by atoms with van der Waals surface area (Å²) < 4.78 is 10.0. The summed E-state index contributed by atoms with van der Waals surface area (Å²) in [5, 5.41) is 0.448. The zero-order valence-corrected chi connectivity index (χ0v) is 9.65. The Morgan fingerprint density at radius 1 is 1.41 bits per heavy atom. The van der Waals surface area contributed by atoms with E-state index in [1.807, 2.05) is 0 Å². The van der Waals surface area contributed by atoms with E-state index in [9.17, 15) is 9.59 Å². The lowest BCUT2D eigenvalue weighted by molar-refractivity contribution is -0.139. The molecule has 88 valence electrons. The molecule has 1 aromatic carbocycles. The maximum absolute atomic E-state index is 11.9.